The number of hydrogen-bond acceptors (Lipinski definition) is 4. The van der Waals surface area contributed by atoms with Crippen LogP contribution >= 0.6 is 31.9 Å². The first-order chi connectivity index (χ1) is 8.85. The van der Waals surface area contributed by atoms with Gasteiger partial charge in [-0.1, -0.05) is 0 Å². The van der Waals surface area contributed by atoms with Gasteiger partial charge in [-0.3, -0.25) is 10.1 Å². The van der Waals surface area contributed by atoms with Crippen LogP contribution in [0, 0.1) is 0 Å². The van der Waals surface area contributed by atoms with Crippen LogP contribution in [-0.2, 0) is 4.79 Å². The van der Waals surface area contributed by atoms with Crippen molar-refractivity contribution in [3.8, 4) is 5.75 Å². The predicted molar refractivity (Wildman–Crippen MR) is 79.2 cm³/mol. The maximum Gasteiger partial charge on any atom is 0.318 e. The van der Waals surface area contributed by atoms with E-state index in [0.29, 0.717) is 11.4 Å². The molecule has 0 radical (unpaired) electrons. The summed E-state index contributed by atoms with van der Waals surface area (Å²) in [6.45, 7) is 1.61. The van der Waals surface area contributed by atoms with Crippen molar-refractivity contribution in [1.82, 2.24) is 5.32 Å². The summed E-state index contributed by atoms with van der Waals surface area (Å²) in [7, 11) is 1.54. The second-order valence-corrected chi connectivity index (χ2v) is 5.39. The van der Waals surface area contributed by atoms with E-state index < -0.39 is 18.0 Å². The number of urea groups is 1. The van der Waals surface area contributed by atoms with Gasteiger partial charge in [0, 0.05) is 10.5 Å². The van der Waals surface area contributed by atoms with Gasteiger partial charge in [-0.2, -0.15) is 0 Å². The number of hydrogen-bond donors (Lipinski definition) is 3. The zero-order chi connectivity index (χ0) is 14.6. The van der Waals surface area contributed by atoms with E-state index in [9.17, 15) is 9.59 Å². The van der Waals surface area contributed by atoms with Crippen molar-refractivity contribution in [2.75, 3.05) is 12.4 Å². The highest BCUT2D eigenvalue weighted by Gasteiger charge is 2.16. The van der Waals surface area contributed by atoms with Crippen LogP contribution in [0.2, 0.25) is 0 Å². The molecular formula is C11H13Br2N3O3. The highest BCUT2D eigenvalue weighted by molar-refractivity contribution is 9.11. The number of ether oxygens (including phenoxy) is 1. The SMILES string of the molecule is COc1cc(NC(C)C(=O)NC(N)=O)c(Br)cc1Br. The van der Waals surface area contributed by atoms with Crippen molar-refractivity contribution in [3.63, 3.8) is 0 Å². The molecule has 6 nitrogen and oxygen atoms in total. The molecule has 0 bridgehead atoms. The van der Waals surface area contributed by atoms with Gasteiger partial charge in [-0.15, -0.1) is 0 Å². The van der Waals surface area contributed by atoms with E-state index in [0.717, 1.165) is 8.95 Å². The first-order valence-electron chi connectivity index (χ1n) is 5.25. The number of carbonyl (C=O) groups excluding carboxylic acids is 2. The highest BCUT2D eigenvalue weighted by atomic mass is 79.9. The number of methoxy groups -OCH3 is 1. The van der Waals surface area contributed by atoms with E-state index in [-0.39, 0.29) is 0 Å². The third-order valence-electron chi connectivity index (χ3n) is 2.25. The summed E-state index contributed by atoms with van der Waals surface area (Å²) in [6, 6.07) is 2.00. The smallest absolute Gasteiger partial charge is 0.318 e. The van der Waals surface area contributed by atoms with Crippen LogP contribution in [-0.4, -0.2) is 25.1 Å². The first kappa shape index (κ1) is 15.8. The normalized spacial score (nSPS) is 11.6. The third kappa shape index (κ3) is 4.39. The van der Waals surface area contributed by atoms with Gasteiger partial charge < -0.3 is 15.8 Å². The number of nitrogens with one attached hydrogen (secondary N) is 2. The van der Waals surface area contributed by atoms with Crippen LogP contribution < -0.4 is 21.1 Å². The maximum absolute atomic E-state index is 11.6. The molecule has 0 aliphatic carbocycles. The van der Waals surface area contributed by atoms with Crippen molar-refractivity contribution < 1.29 is 14.3 Å². The van der Waals surface area contributed by atoms with Crippen molar-refractivity contribution in [3.05, 3.63) is 21.1 Å². The molecule has 1 atom stereocenters. The Morgan fingerprint density at radius 1 is 1.32 bits per heavy atom. The second kappa shape index (κ2) is 6.76. The van der Waals surface area contributed by atoms with Gasteiger partial charge >= 0.3 is 6.03 Å². The van der Waals surface area contributed by atoms with E-state index in [1.807, 2.05) is 5.32 Å². The summed E-state index contributed by atoms with van der Waals surface area (Å²) in [5, 5.41) is 4.95. The Kier molecular flexibility index (Phi) is 5.61. The summed E-state index contributed by atoms with van der Waals surface area (Å²) in [5.74, 6) is 0.106. The fourth-order valence-corrected chi connectivity index (χ4v) is 2.59. The van der Waals surface area contributed by atoms with Crippen LogP contribution in [0.25, 0.3) is 0 Å². The Morgan fingerprint density at radius 2 is 1.95 bits per heavy atom. The minimum absolute atomic E-state index is 0.513. The number of amides is 3. The summed E-state index contributed by atoms with van der Waals surface area (Å²) in [6.07, 6.45) is 0. The molecule has 1 aromatic carbocycles. The van der Waals surface area contributed by atoms with E-state index in [4.69, 9.17) is 10.5 Å². The summed E-state index contributed by atoms with van der Waals surface area (Å²) >= 11 is 6.71. The Bertz CT molecular complexity index is 508. The van der Waals surface area contributed by atoms with Crippen LogP contribution in [0.4, 0.5) is 10.5 Å². The number of primary amides is 1. The molecular weight excluding hydrogens is 382 g/mol. The third-order valence-corrected chi connectivity index (χ3v) is 3.53. The average Bonchev–Trinajstić information content (AvgIpc) is 2.31. The number of carbonyl (C=O) groups is 2. The molecule has 0 aliphatic rings. The topological polar surface area (TPSA) is 93.4 Å². The zero-order valence-electron chi connectivity index (χ0n) is 10.3. The van der Waals surface area contributed by atoms with E-state index in [1.54, 1.807) is 26.2 Å². The maximum atomic E-state index is 11.6. The van der Waals surface area contributed by atoms with Gasteiger partial charge in [0.05, 0.1) is 17.3 Å². The molecule has 1 aromatic rings. The van der Waals surface area contributed by atoms with Gasteiger partial charge in [0.1, 0.15) is 11.8 Å². The van der Waals surface area contributed by atoms with Gasteiger partial charge in [-0.25, -0.2) is 4.79 Å². The summed E-state index contributed by atoms with van der Waals surface area (Å²) in [5.41, 5.74) is 5.55. The van der Waals surface area contributed by atoms with Gasteiger partial charge in [-0.05, 0) is 44.8 Å². The van der Waals surface area contributed by atoms with Crippen LogP contribution in [0.3, 0.4) is 0 Å². The van der Waals surface area contributed by atoms with Crippen molar-refractivity contribution in [1.29, 1.82) is 0 Å². The first-order valence-corrected chi connectivity index (χ1v) is 6.83. The number of anilines is 1. The molecule has 0 saturated heterocycles. The quantitative estimate of drug-likeness (QED) is 0.729. The highest BCUT2D eigenvalue weighted by Crippen LogP contribution is 2.34. The minimum Gasteiger partial charge on any atom is -0.495 e. The lowest BCUT2D eigenvalue weighted by atomic mass is 10.2. The Balaban J connectivity index is 2.87. The van der Waals surface area contributed by atoms with E-state index >= 15 is 0 Å². The lowest BCUT2D eigenvalue weighted by Crippen LogP contribution is -2.43. The Hall–Kier alpha value is -1.28. The summed E-state index contributed by atoms with van der Waals surface area (Å²) < 4.78 is 6.69. The zero-order valence-corrected chi connectivity index (χ0v) is 13.5. The predicted octanol–water partition coefficient (Wildman–Crippen LogP) is 2.22. The molecule has 1 rings (SSSR count). The lowest BCUT2D eigenvalue weighted by molar-refractivity contribution is -0.120. The summed E-state index contributed by atoms with van der Waals surface area (Å²) in [4.78, 5) is 22.2. The van der Waals surface area contributed by atoms with Crippen molar-refractivity contribution in [2.45, 2.75) is 13.0 Å². The number of benzene rings is 1. The molecule has 104 valence electrons. The molecule has 0 saturated carbocycles. The molecule has 0 heterocycles. The fourth-order valence-electron chi connectivity index (χ4n) is 1.32. The number of rotatable bonds is 4. The molecule has 0 spiro atoms. The fraction of sp³-hybridized carbons (Fsp3) is 0.273. The van der Waals surface area contributed by atoms with E-state index in [2.05, 4.69) is 37.2 Å². The molecule has 3 amide bonds. The average molecular weight is 395 g/mol. The van der Waals surface area contributed by atoms with Crippen LogP contribution in [0.5, 0.6) is 5.75 Å². The molecule has 0 fully saturated rings. The number of imide groups is 1. The van der Waals surface area contributed by atoms with Gasteiger partial charge in [0.2, 0.25) is 5.91 Å². The van der Waals surface area contributed by atoms with Gasteiger partial charge in [0.15, 0.2) is 0 Å². The minimum atomic E-state index is -0.883. The van der Waals surface area contributed by atoms with Gasteiger partial charge in [0.25, 0.3) is 0 Å². The molecule has 0 aromatic heterocycles. The number of nitrogens with two attached hydrogens (primary N) is 1. The molecule has 4 N–H and O–H groups in total. The molecule has 19 heavy (non-hydrogen) atoms. The molecule has 1 unspecified atom stereocenters. The molecule has 0 aliphatic heterocycles. The Morgan fingerprint density at radius 3 is 2.47 bits per heavy atom. The van der Waals surface area contributed by atoms with Crippen LogP contribution in [0.15, 0.2) is 21.1 Å². The van der Waals surface area contributed by atoms with E-state index in [1.165, 1.54) is 0 Å². The second-order valence-electron chi connectivity index (χ2n) is 3.69. The lowest BCUT2D eigenvalue weighted by Gasteiger charge is -2.16. The largest absolute Gasteiger partial charge is 0.495 e. The Labute approximate surface area is 127 Å². The monoisotopic (exact) mass is 393 g/mol. The van der Waals surface area contributed by atoms with Crippen molar-refractivity contribution in [2.24, 2.45) is 5.73 Å². The number of halogens is 2. The standard InChI is InChI=1S/C11H13Br2N3O3/c1-5(10(17)16-11(14)18)15-8-4-9(19-2)7(13)3-6(8)12/h3-5,15H,1-2H3,(H3,14,16,17,18). The van der Waals surface area contributed by atoms with Crippen LogP contribution in [0.1, 0.15) is 6.92 Å². The van der Waals surface area contributed by atoms with Crippen molar-refractivity contribution >= 4 is 49.5 Å². The molecule has 8 heteroatoms.